The van der Waals surface area contributed by atoms with Crippen molar-refractivity contribution in [2.75, 3.05) is 7.11 Å². The second kappa shape index (κ2) is 5.38. The minimum atomic E-state index is -0.483. The van der Waals surface area contributed by atoms with Crippen LogP contribution in [0.3, 0.4) is 0 Å². The van der Waals surface area contributed by atoms with Gasteiger partial charge in [0.1, 0.15) is 11.6 Å². The molecular formula is C14H13ClFNO. The molecule has 0 aliphatic heterocycles. The van der Waals surface area contributed by atoms with Crippen LogP contribution in [0, 0.1) is 5.82 Å². The molecule has 2 rings (SSSR count). The van der Waals surface area contributed by atoms with Crippen LogP contribution in [0.4, 0.5) is 4.39 Å². The van der Waals surface area contributed by atoms with Gasteiger partial charge in [-0.15, -0.1) is 0 Å². The smallest absolute Gasteiger partial charge is 0.123 e. The number of rotatable bonds is 3. The van der Waals surface area contributed by atoms with Crippen molar-refractivity contribution in [3.05, 3.63) is 64.4 Å². The predicted octanol–water partition coefficient (Wildman–Crippen LogP) is 3.54. The van der Waals surface area contributed by atoms with Gasteiger partial charge in [-0.25, -0.2) is 4.39 Å². The van der Waals surface area contributed by atoms with Gasteiger partial charge in [0.2, 0.25) is 0 Å². The van der Waals surface area contributed by atoms with Crippen molar-refractivity contribution < 1.29 is 9.13 Å². The predicted molar refractivity (Wildman–Crippen MR) is 70.4 cm³/mol. The number of nitrogens with two attached hydrogens (primary N) is 1. The molecule has 0 aliphatic carbocycles. The topological polar surface area (TPSA) is 35.2 Å². The molecule has 2 N–H and O–H groups in total. The number of hydrogen-bond donors (Lipinski definition) is 1. The lowest BCUT2D eigenvalue weighted by molar-refractivity contribution is 0.414. The lowest BCUT2D eigenvalue weighted by Crippen LogP contribution is -2.12. The van der Waals surface area contributed by atoms with Gasteiger partial charge in [-0.3, -0.25) is 0 Å². The van der Waals surface area contributed by atoms with Gasteiger partial charge in [0.25, 0.3) is 0 Å². The molecule has 0 aliphatic rings. The van der Waals surface area contributed by atoms with E-state index in [2.05, 4.69) is 0 Å². The molecular weight excluding hydrogens is 253 g/mol. The number of methoxy groups -OCH3 is 1. The van der Waals surface area contributed by atoms with Gasteiger partial charge >= 0.3 is 0 Å². The van der Waals surface area contributed by atoms with Crippen molar-refractivity contribution in [1.82, 2.24) is 0 Å². The average molecular weight is 266 g/mol. The normalized spacial score (nSPS) is 12.2. The van der Waals surface area contributed by atoms with Crippen molar-refractivity contribution in [3.8, 4) is 5.75 Å². The Hall–Kier alpha value is -1.58. The highest BCUT2D eigenvalue weighted by Crippen LogP contribution is 2.28. The molecule has 2 aromatic carbocycles. The Morgan fingerprint density at radius 2 is 2.00 bits per heavy atom. The van der Waals surface area contributed by atoms with Crippen molar-refractivity contribution in [1.29, 1.82) is 0 Å². The molecule has 0 heterocycles. The SMILES string of the molecule is COc1cccc(C(N)c2cc(F)ccc2Cl)c1. The monoisotopic (exact) mass is 265 g/mol. The second-order valence-electron chi connectivity index (χ2n) is 3.92. The maximum atomic E-state index is 13.2. The van der Waals surface area contributed by atoms with Crippen molar-refractivity contribution >= 4 is 11.6 Å². The number of hydrogen-bond acceptors (Lipinski definition) is 2. The summed E-state index contributed by atoms with van der Waals surface area (Å²) in [5, 5.41) is 0.451. The van der Waals surface area contributed by atoms with Gasteiger partial charge < -0.3 is 10.5 Å². The summed E-state index contributed by atoms with van der Waals surface area (Å²) in [6.07, 6.45) is 0. The van der Waals surface area contributed by atoms with Crippen LogP contribution in [-0.2, 0) is 0 Å². The second-order valence-corrected chi connectivity index (χ2v) is 4.33. The lowest BCUT2D eigenvalue weighted by Gasteiger charge is -2.15. The van der Waals surface area contributed by atoms with Crippen LogP contribution in [-0.4, -0.2) is 7.11 Å². The summed E-state index contributed by atoms with van der Waals surface area (Å²) in [6.45, 7) is 0. The third-order valence-electron chi connectivity index (χ3n) is 2.75. The molecule has 18 heavy (non-hydrogen) atoms. The Labute approximate surface area is 110 Å². The molecule has 0 saturated heterocycles. The first kappa shape index (κ1) is 12.9. The van der Waals surface area contributed by atoms with E-state index in [0.717, 1.165) is 5.56 Å². The van der Waals surface area contributed by atoms with Crippen molar-refractivity contribution in [2.45, 2.75) is 6.04 Å². The molecule has 1 unspecified atom stereocenters. The molecule has 2 aromatic rings. The van der Waals surface area contributed by atoms with Gasteiger partial charge in [0.15, 0.2) is 0 Å². The largest absolute Gasteiger partial charge is 0.497 e. The lowest BCUT2D eigenvalue weighted by atomic mass is 9.99. The summed E-state index contributed by atoms with van der Waals surface area (Å²) >= 11 is 6.04. The van der Waals surface area contributed by atoms with E-state index in [1.807, 2.05) is 24.3 Å². The average Bonchev–Trinajstić information content (AvgIpc) is 2.41. The third-order valence-corrected chi connectivity index (χ3v) is 3.09. The van der Waals surface area contributed by atoms with Crippen LogP contribution in [0.2, 0.25) is 5.02 Å². The van der Waals surface area contributed by atoms with E-state index in [0.29, 0.717) is 16.3 Å². The molecule has 0 bridgehead atoms. The van der Waals surface area contributed by atoms with Crippen LogP contribution in [0.15, 0.2) is 42.5 Å². The molecule has 0 radical (unpaired) electrons. The summed E-state index contributed by atoms with van der Waals surface area (Å²) in [6, 6.07) is 11.0. The first-order valence-corrected chi connectivity index (χ1v) is 5.84. The summed E-state index contributed by atoms with van der Waals surface area (Å²) in [5.41, 5.74) is 7.48. The van der Waals surface area contributed by atoms with Crippen LogP contribution < -0.4 is 10.5 Å². The van der Waals surface area contributed by atoms with Gasteiger partial charge in [0.05, 0.1) is 13.2 Å². The van der Waals surface area contributed by atoms with E-state index in [1.165, 1.54) is 18.2 Å². The fourth-order valence-corrected chi connectivity index (χ4v) is 2.00. The highest BCUT2D eigenvalue weighted by Gasteiger charge is 2.14. The molecule has 0 saturated carbocycles. The van der Waals surface area contributed by atoms with Crippen molar-refractivity contribution in [3.63, 3.8) is 0 Å². The maximum absolute atomic E-state index is 13.2. The van der Waals surface area contributed by atoms with Gasteiger partial charge in [-0.2, -0.15) is 0 Å². The van der Waals surface area contributed by atoms with Crippen molar-refractivity contribution in [2.24, 2.45) is 5.73 Å². The minimum absolute atomic E-state index is 0.354. The summed E-state index contributed by atoms with van der Waals surface area (Å²) < 4.78 is 18.4. The molecule has 94 valence electrons. The zero-order chi connectivity index (χ0) is 13.1. The molecule has 0 amide bonds. The van der Waals surface area contributed by atoms with E-state index in [9.17, 15) is 4.39 Å². The van der Waals surface area contributed by atoms with E-state index < -0.39 is 6.04 Å². The first-order valence-electron chi connectivity index (χ1n) is 5.46. The van der Waals surface area contributed by atoms with Crippen LogP contribution >= 0.6 is 11.6 Å². The van der Waals surface area contributed by atoms with E-state index in [-0.39, 0.29) is 5.82 Å². The number of ether oxygens (including phenoxy) is 1. The molecule has 0 spiro atoms. The van der Waals surface area contributed by atoms with Crippen LogP contribution in [0.25, 0.3) is 0 Å². The standard InChI is InChI=1S/C14H13ClFNO/c1-18-11-4-2-3-9(7-11)14(17)12-8-10(16)5-6-13(12)15/h2-8,14H,17H2,1H3. The Balaban J connectivity index is 2.40. The Morgan fingerprint density at radius 3 is 2.72 bits per heavy atom. The zero-order valence-corrected chi connectivity index (χ0v) is 10.6. The van der Waals surface area contributed by atoms with E-state index >= 15 is 0 Å². The van der Waals surface area contributed by atoms with Gasteiger partial charge in [-0.05, 0) is 41.5 Å². The highest BCUT2D eigenvalue weighted by atomic mass is 35.5. The third kappa shape index (κ3) is 2.63. The van der Waals surface area contributed by atoms with Crippen LogP contribution in [0.1, 0.15) is 17.2 Å². The molecule has 4 heteroatoms. The van der Waals surface area contributed by atoms with Crippen LogP contribution in [0.5, 0.6) is 5.75 Å². The quantitative estimate of drug-likeness (QED) is 0.921. The van der Waals surface area contributed by atoms with E-state index in [4.69, 9.17) is 22.1 Å². The molecule has 0 fully saturated rings. The number of halogens is 2. The summed E-state index contributed by atoms with van der Waals surface area (Å²) in [5.74, 6) is 0.350. The van der Waals surface area contributed by atoms with Gasteiger partial charge in [-0.1, -0.05) is 23.7 Å². The maximum Gasteiger partial charge on any atom is 0.123 e. The van der Waals surface area contributed by atoms with Gasteiger partial charge in [0, 0.05) is 5.02 Å². The van der Waals surface area contributed by atoms with E-state index in [1.54, 1.807) is 7.11 Å². The fraction of sp³-hybridized carbons (Fsp3) is 0.143. The zero-order valence-electron chi connectivity index (χ0n) is 9.86. The molecule has 0 aromatic heterocycles. The fourth-order valence-electron chi connectivity index (χ4n) is 1.77. The summed E-state index contributed by atoms with van der Waals surface area (Å²) in [4.78, 5) is 0. The Morgan fingerprint density at radius 1 is 1.22 bits per heavy atom. The Bertz CT molecular complexity index is 559. The summed E-state index contributed by atoms with van der Waals surface area (Å²) in [7, 11) is 1.58. The first-order chi connectivity index (χ1) is 8.61. The number of benzene rings is 2. The highest BCUT2D eigenvalue weighted by molar-refractivity contribution is 6.31. The molecule has 1 atom stereocenters. The Kier molecular flexibility index (Phi) is 3.84. The minimum Gasteiger partial charge on any atom is -0.497 e. The molecule has 2 nitrogen and oxygen atoms in total.